The Morgan fingerprint density at radius 1 is 0.969 bits per heavy atom. The second-order valence-electron chi connectivity index (χ2n) is 7.56. The molecule has 1 amide bonds. The standard InChI is InChI=1S/C21H26FN3O5S2/c1-16(24-31(27,28)20-12-6-4-10-18(20)22)21(26)23-15-17-9-3-5-11-19(17)32(29,30)25-13-7-2-8-14-25/h3-6,9-12,16,24H,2,7-8,13-15H2,1H3,(H,23,26)/t16-/m0/s1. The van der Waals surface area contributed by atoms with Gasteiger partial charge in [-0.3, -0.25) is 4.79 Å². The van der Waals surface area contributed by atoms with Gasteiger partial charge in [-0.1, -0.05) is 36.8 Å². The lowest BCUT2D eigenvalue weighted by Crippen LogP contribution is -2.44. The zero-order chi connectivity index (χ0) is 23.4. The number of rotatable bonds is 8. The number of nitrogens with zero attached hydrogens (tertiary/aromatic N) is 1. The highest BCUT2D eigenvalue weighted by molar-refractivity contribution is 7.89. The fraction of sp³-hybridized carbons (Fsp3) is 0.381. The Balaban J connectivity index is 1.69. The molecule has 0 saturated carbocycles. The van der Waals surface area contributed by atoms with Crippen LogP contribution in [0.4, 0.5) is 4.39 Å². The summed E-state index contributed by atoms with van der Waals surface area (Å²) in [5.74, 6) is -1.60. The number of benzene rings is 2. The Bertz CT molecular complexity index is 1180. The Morgan fingerprint density at radius 3 is 2.22 bits per heavy atom. The average molecular weight is 484 g/mol. The van der Waals surface area contributed by atoms with Gasteiger partial charge < -0.3 is 5.32 Å². The number of nitrogens with one attached hydrogen (secondary N) is 2. The molecular weight excluding hydrogens is 457 g/mol. The van der Waals surface area contributed by atoms with Crippen LogP contribution < -0.4 is 10.0 Å². The molecule has 1 atom stereocenters. The van der Waals surface area contributed by atoms with E-state index in [0.717, 1.165) is 31.4 Å². The maximum atomic E-state index is 13.8. The van der Waals surface area contributed by atoms with Crippen LogP contribution in [0.15, 0.2) is 58.3 Å². The van der Waals surface area contributed by atoms with Crippen molar-refractivity contribution in [3.05, 3.63) is 59.9 Å². The van der Waals surface area contributed by atoms with Crippen LogP contribution >= 0.6 is 0 Å². The fourth-order valence-corrected chi connectivity index (χ4v) is 6.51. The number of carbonyl (C=O) groups is 1. The highest BCUT2D eigenvalue weighted by Crippen LogP contribution is 2.23. The second kappa shape index (κ2) is 10.1. The van der Waals surface area contributed by atoms with Crippen molar-refractivity contribution in [2.24, 2.45) is 0 Å². The molecule has 0 radical (unpaired) electrons. The van der Waals surface area contributed by atoms with E-state index in [1.165, 1.54) is 29.4 Å². The van der Waals surface area contributed by atoms with E-state index >= 15 is 0 Å². The van der Waals surface area contributed by atoms with Gasteiger partial charge in [0.05, 0.1) is 10.9 Å². The first-order chi connectivity index (χ1) is 15.1. The Hall–Kier alpha value is -2.34. The van der Waals surface area contributed by atoms with Crippen molar-refractivity contribution >= 4 is 26.0 Å². The van der Waals surface area contributed by atoms with Crippen LogP contribution in [-0.4, -0.2) is 46.2 Å². The molecule has 1 heterocycles. The van der Waals surface area contributed by atoms with Crippen molar-refractivity contribution in [1.29, 1.82) is 0 Å². The summed E-state index contributed by atoms with van der Waals surface area (Å²) >= 11 is 0. The third-order valence-electron chi connectivity index (χ3n) is 5.21. The van der Waals surface area contributed by atoms with Crippen LogP contribution in [0.5, 0.6) is 0 Å². The van der Waals surface area contributed by atoms with Gasteiger partial charge in [-0.05, 0) is 43.5 Å². The van der Waals surface area contributed by atoms with Crippen molar-refractivity contribution in [3.8, 4) is 0 Å². The molecule has 1 aliphatic rings. The molecule has 2 aromatic rings. The molecule has 11 heteroatoms. The maximum absolute atomic E-state index is 13.8. The van der Waals surface area contributed by atoms with Crippen LogP contribution in [0.25, 0.3) is 0 Å². The van der Waals surface area contributed by atoms with Gasteiger partial charge in [-0.2, -0.15) is 9.03 Å². The monoisotopic (exact) mass is 483 g/mol. The number of hydrogen-bond acceptors (Lipinski definition) is 5. The van der Waals surface area contributed by atoms with Gasteiger partial charge in [0.1, 0.15) is 10.7 Å². The lowest BCUT2D eigenvalue weighted by atomic mass is 10.2. The number of sulfonamides is 2. The van der Waals surface area contributed by atoms with E-state index in [4.69, 9.17) is 0 Å². The van der Waals surface area contributed by atoms with Crippen molar-refractivity contribution in [2.75, 3.05) is 13.1 Å². The summed E-state index contributed by atoms with van der Waals surface area (Å²) in [5, 5.41) is 2.56. The van der Waals surface area contributed by atoms with E-state index in [1.54, 1.807) is 18.2 Å². The molecule has 3 rings (SSSR count). The molecule has 2 N–H and O–H groups in total. The molecule has 0 aliphatic carbocycles. The topological polar surface area (TPSA) is 113 Å². The Labute approximate surface area is 187 Å². The first kappa shape index (κ1) is 24.3. The summed E-state index contributed by atoms with van der Waals surface area (Å²) in [6, 6.07) is 10.0. The largest absolute Gasteiger partial charge is 0.351 e. The highest BCUT2D eigenvalue weighted by Gasteiger charge is 2.29. The lowest BCUT2D eigenvalue weighted by molar-refractivity contribution is -0.122. The summed E-state index contributed by atoms with van der Waals surface area (Å²) in [4.78, 5) is 12.0. The highest BCUT2D eigenvalue weighted by atomic mass is 32.2. The Kier molecular flexibility index (Phi) is 7.65. The third-order valence-corrected chi connectivity index (χ3v) is 8.78. The molecule has 0 aromatic heterocycles. The normalized spacial score (nSPS) is 16.4. The van der Waals surface area contributed by atoms with Crippen molar-refractivity contribution in [2.45, 2.75) is 48.6 Å². The summed E-state index contributed by atoms with van der Waals surface area (Å²) in [6.45, 7) is 2.13. The van der Waals surface area contributed by atoms with Gasteiger partial charge in [0, 0.05) is 19.6 Å². The van der Waals surface area contributed by atoms with Gasteiger partial charge in [-0.25, -0.2) is 21.2 Å². The molecule has 8 nitrogen and oxygen atoms in total. The van der Waals surface area contributed by atoms with E-state index in [-0.39, 0.29) is 11.4 Å². The minimum atomic E-state index is -4.25. The number of hydrogen-bond donors (Lipinski definition) is 2. The molecule has 0 spiro atoms. The maximum Gasteiger partial charge on any atom is 0.244 e. The molecule has 2 aromatic carbocycles. The molecule has 1 aliphatic heterocycles. The second-order valence-corrected chi connectivity index (χ2v) is 11.2. The van der Waals surface area contributed by atoms with E-state index in [9.17, 15) is 26.0 Å². The third kappa shape index (κ3) is 5.52. The van der Waals surface area contributed by atoms with Crippen molar-refractivity contribution < 1.29 is 26.0 Å². The molecule has 0 unspecified atom stereocenters. The van der Waals surface area contributed by atoms with Gasteiger partial charge >= 0.3 is 0 Å². The van der Waals surface area contributed by atoms with Crippen LogP contribution in [0.2, 0.25) is 0 Å². The summed E-state index contributed by atoms with van der Waals surface area (Å²) in [5.41, 5.74) is 0.399. The SMILES string of the molecule is C[C@H](NS(=O)(=O)c1ccccc1F)C(=O)NCc1ccccc1S(=O)(=O)N1CCCCC1. The summed E-state index contributed by atoms with van der Waals surface area (Å²) in [7, 11) is -7.95. The molecule has 174 valence electrons. The van der Waals surface area contributed by atoms with Gasteiger partial charge in [-0.15, -0.1) is 0 Å². The number of amides is 1. The van der Waals surface area contributed by atoms with Gasteiger partial charge in [0.15, 0.2) is 0 Å². The van der Waals surface area contributed by atoms with E-state index < -0.39 is 42.7 Å². The van der Waals surface area contributed by atoms with Gasteiger partial charge in [0.25, 0.3) is 0 Å². The zero-order valence-electron chi connectivity index (χ0n) is 17.6. The van der Waals surface area contributed by atoms with E-state index in [0.29, 0.717) is 18.7 Å². The summed E-state index contributed by atoms with van der Waals surface area (Å²) < 4.78 is 68.3. The zero-order valence-corrected chi connectivity index (χ0v) is 19.3. The molecule has 1 fully saturated rings. The van der Waals surface area contributed by atoms with Crippen molar-refractivity contribution in [3.63, 3.8) is 0 Å². The smallest absolute Gasteiger partial charge is 0.244 e. The fourth-order valence-electron chi connectivity index (χ4n) is 3.49. The Morgan fingerprint density at radius 2 is 1.56 bits per heavy atom. The number of piperidine rings is 1. The molecule has 1 saturated heterocycles. The lowest BCUT2D eigenvalue weighted by Gasteiger charge is -2.27. The van der Waals surface area contributed by atoms with Crippen molar-refractivity contribution in [1.82, 2.24) is 14.3 Å². The minimum Gasteiger partial charge on any atom is -0.351 e. The number of carbonyl (C=O) groups excluding carboxylic acids is 1. The van der Waals surface area contributed by atoms with Crippen LogP contribution in [0.3, 0.4) is 0 Å². The van der Waals surface area contributed by atoms with Gasteiger partial charge in [0.2, 0.25) is 26.0 Å². The van der Waals surface area contributed by atoms with Crippen LogP contribution in [0, 0.1) is 5.82 Å². The molecule has 32 heavy (non-hydrogen) atoms. The predicted molar refractivity (Wildman–Crippen MR) is 117 cm³/mol. The first-order valence-corrected chi connectivity index (χ1v) is 13.2. The predicted octanol–water partition coefficient (Wildman–Crippen LogP) is 1.98. The quantitative estimate of drug-likeness (QED) is 0.596. The summed E-state index contributed by atoms with van der Waals surface area (Å²) in [6.07, 6.45) is 2.60. The first-order valence-electron chi connectivity index (χ1n) is 10.3. The average Bonchev–Trinajstić information content (AvgIpc) is 2.78. The number of halogens is 1. The minimum absolute atomic E-state index is 0.103. The van der Waals surface area contributed by atoms with E-state index in [2.05, 4.69) is 10.0 Å². The van der Waals surface area contributed by atoms with E-state index in [1.807, 2.05) is 0 Å². The molecular formula is C21H26FN3O5S2. The molecule has 0 bridgehead atoms. The van der Waals surface area contributed by atoms with Crippen LogP contribution in [-0.2, 0) is 31.4 Å². The van der Waals surface area contributed by atoms with Crippen LogP contribution in [0.1, 0.15) is 31.7 Å².